The fourth-order valence-corrected chi connectivity index (χ4v) is 6.32. The maximum atomic E-state index is 12.7. The molecule has 2 heterocycles. The number of nitrogens with one attached hydrogen (secondary N) is 1. The number of amides is 1. The van der Waals surface area contributed by atoms with Crippen molar-refractivity contribution in [3.8, 4) is 0 Å². The smallest absolute Gasteiger partial charge is 0.220 e. The van der Waals surface area contributed by atoms with E-state index in [9.17, 15) is 4.79 Å². The van der Waals surface area contributed by atoms with Crippen LogP contribution >= 0.6 is 0 Å². The van der Waals surface area contributed by atoms with Gasteiger partial charge in [-0.05, 0) is 81.8 Å². The molecule has 4 aliphatic carbocycles. The van der Waals surface area contributed by atoms with Crippen molar-refractivity contribution in [3.63, 3.8) is 0 Å². The van der Waals surface area contributed by atoms with Crippen LogP contribution in [-0.2, 0) is 11.2 Å². The number of fused-ring (bicyclic) bond motifs is 1. The monoisotopic (exact) mass is 337 g/mol. The minimum Gasteiger partial charge on any atom is -0.351 e. The van der Waals surface area contributed by atoms with E-state index in [2.05, 4.69) is 14.7 Å². The number of carbonyl (C=O) groups is 1. The van der Waals surface area contributed by atoms with E-state index in [-0.39, 0.29) is 11.4 Å². The second kappa shape index (κ2) is 5.58. The van der Waals surface area contributed by atoms with Gasteiger partial charge in [-0.1, -0.05) is 6.07 Å². The average Bonchev–Trinajstić information content (AvgIpc) is 2.86. The largest absolute Gasteiger partial charge is 0.351 e. The Morgan fingerprint density at radius 3 is 2.56 bits per heavy atom. The van der Waals surface area contributed by atoms with Crippen molar-refractivity contribution < 1.29 is 4.79 Å². The predicted octanol–water partition coefficient (Wildman–Crippen LogP) is 3.66. The molecule has 0 saturated heterocycles. The van der Waals surface area contributed by atoms with E-state index >= 15 is 0 Å². The summed E-state index contributed by atoms with van der Waals surface area (Å²) >= 11 is 0. The van der Waals surface area contributed by atoms with Gasteiger partial charge in [0.05, 0.1) is 5.69 Å². The zero-order valence-electron chi connectivity index (χ0n) is 15.0. The van der Waals surface area contributed by atoms with Gasteiger partial charge in [-0.15, -0.1) is 0 Å². The van der Waals surface area contributed by atoms with Crippen molar-refractivity contribution >= 4 is 11.6 Å². The van der Waals surface area contributed by atoms with Crippen LogP contribution in [0, 0.1) is 24.7 Å². The summed E-state index contributed by atoms with van der Waals surface area (Å²) in [5, 5.41) is 3.49. The lowest BCUT2D eigenvalue weighted by Crippen LogP contribution is -2.59. The molecule has 4 nitrogen and oxygen atoms in total. The molecular weight excluding hydrogens is 310 g/mol. The molecular formula is C21H27N3O. The van der Waals surface area contributed by atoms with Crippen molar-refractivity contribution in [1.29, 1.82) is 0 Å². The SMILES string of the molecule is Cc1nc2ccccn2c1CCC(=O)NC12CC3CC(CC(C3)C1)C2. The van der Waals surface area contributed by atoms with Crippen LogP contribution in [0.1, 0.15) is 56.3 Å². The van der Waals surface area contributed by atoms with Gasteiger partial charge in [-0.3, -0.25) is 4.79 Å². The van der Waals surface area contributed by atoms with Gasteiger partial charge in [0.15, 0.2) is 0 Å². The van der Waals surface area contributed by atoms with E-state index in [0.717, 1.165) is 41.2 Å². The Labute approximate surface area is 149 Å². The molecule has 6 rings (SSSR count). The van der Waals surface area contributed by atoms with E-state index < -0.39 is 0 Å². The lowest BCUT2D eigenvalue weighted by molar-refractivity contribution is -0.126. The zero-order chi connectivity index (χ0) is 17.0. The number of hydrogen-bond donors (Lipinski definition) is 1. The molecule has 0 radical (unpaired) electrons. The highest BCUT2D eigenvalue weighted by Gasteiger charge is 2.51. The molecule has 2 aromatic rings. The van der Waals surface area contributed by atoms with Crippen LogP contribution in [0.15, 0.2) is 24.4 Å². The Kier molecular flexibility index (Phi) is 3.44. The van der Waals surface area contributed by atoms with Crippen molar-refractivity contribution in [1.82, 2.24) is 14.7 Å². The Bertz CT molecular complexity index is 786. The Balaban J connectivity index is 1.27. The van der Waals surface area contributed by atoms with E-state index in [1.807, 2.05) is 31.3 Å². The normalized spacial score (nSPS) is 33.1. The van der Waals surface area contributed by atoms with Crippen LogP contribution in [0.4, 0.5) is 0 Å². The first-order valence-corrected chi connectivity index (χ1v) is 9.84. The van der Waals surface area contributed by atoms with E-state index in [0.29, 0.717) is 6.42 Å². The second-order valence-corrected chi connectivity index (χ2v) is 8.82. The molecule has 0 aliphatic heterocycles. The van der Waals surface area contributed by atoms with E-state index in [1.165, 1.54) is 38.5 Å². The van der Waals surface area contributed by atoms with Gasteiger partial charge >= 0.3 is 0 Å². The number of pyridine rings is 1. The van der Waals surface area contributed by atoms with Crippen LogP contribution < -0.4 is 5.32 Å². The maximum absolute atomic E-state index is 12.7. The van der Waals surface area contributed by atoms with Crippen LogP contribution in [0.3, 0.4) is 0 Å². The molecule has 0 unspecified atom stereocenters. The molecule has 0 aromatic carbocycles. The summed E-state index contributed by atoms with van der Waals surface area (Å²) in [7, 11) is 0. The summed E-state index contributed by atoms with van der Waals surface area (Å²) in [5.74, 6) is 2.83. The van der Waals surface area contributed by atoms with Gasteiger partial charge in [0, 0.05) is 23.9 Å². The highest BCUT2D eigenvalue weighted by molar-refractivity contribution is 5.77. The second-order valence-electron chi connectivity index (χ2n) is 8.82. The van der Waals surface area contributed by atoms with Crippen molar-refractivity contribution in [2.45, 2.75) is 63.8 Å². The third-order valence-corrected chi connectivity index (χ3v) is 6.86. The average molecular weight is 337 g/mol. The van der Waals surface area contributed by atoms with Crippen LogP contribution in [-0.4, -0.2) is 20.8 Å². The Morgan fingerprint density at radius 2 is 1.88 bits per heavy atom. The first kappa shape index (κ1) is 15.4. The summed E-state index contributed by atoms with van der Waals surface area (Å²) in [6, 6.07) is 6.05. The topological polar surface area (TPSA) is 46.4 Å². The quantitative estimate of drug-likeness (QED) is 0.925. The zero-order valence-corrected chi connectivity index (χ0v) is 15.0. The summed E-state index contributed by atoms with van der Waals surface area (Å²) in [4.78, 5) is 17.3. The number of aryl methyl sites for hydroxylation is 2. The Hall–Kier alpha value is -1.84. The number of carbonyl (C=O) groups excluding carboxylic acids is 1. The molecule has 2 aromatic heterocycles. The summed E-state index contributed by atoms with van der Waals surface area (Å²) in [5.41, 5.74) is 3.29. The van der Waals surface area contributed by atoms with Gasteiger partial charge < -0.3 is 9.72 Å². The summed E-state index contributed by atoms with van der Waals surface area (Å²) < 4.78 is 2.12. The van der Waals surface area contributed by atoms with E-state index in [1.54, 1.807) is 0 Å². The lowest BCUT2D eigenvalue weighted by atomic mass is 9.53. The van der Waals surface area contributed by atoms with Crippen molar-refractivity contribution in [2.75, 3.05) is 0 Å². The molecule has 0 spiro atoms. The molecule has 4 aliphatic rings. The highest BCUT2D eigenvalue weighted by atomic mass is 16.1. The van der Waals surface area contributed by atoms with Gasteiger partial charge in [0.25, 0.3) is 0 Å². The van der Waals surface area contributed by atoms with Crippen molar-refractivity contribution in [3.05, 3.63) is 35.8 Å². The Morgan fingerprint density at radius 1 is 1.20 bits per heavy atom. The first-order valence-electron chi connectivity index (χ1n) is 9.84. The minimum atomic E-state index is 0.125. The third-order valence-electron chi connectivity index (χ3n) is 6.86. The third kappa shape index (κ3) is 2.66. The van der Waals surface area contributed by atoms with Gasteiger partial charge in [-0.25, -0.2) is 4.98 Å². The number of rotatable bonds is 4. The van der Waals surface area contributed by atoms with Gasteiger partial charge in [-0.2, -0.15) is 0 Å². The molecule has 1 N–H and O–H groups in total. The standard InChI is InChI=1S/C21H27N3O/c1-14-18(24-7-3-2-4-19(24)22-14)5-6-20(25)23-21-11-15-8-16(12-21)10-17(9-15)13-21/h2-4,7,15-17H,5-6,8-13H2,1H3,(H,23,25). The molecule has 4 heteroatoms. The molecule has 132 valence electrons. The fraction of sp³-hybridized carbons (Fsp3) is 0.619. The molecule has 4 fully saturated rings. The highest BCUT2D eigenvalue weighted by Crippen LogP contribution is 2.55. The number of imidazole rings is 1. The number of hydrogen-bond acceptors (Lipinski definition) is 2. The summed E-state index contributed by atoms with van der Waals surface area (Å²) in [6.07, 6.45) is 11.3. The number of nitrogens with zero attached hydrogens (tertiary/aromatic N) is 2. The minimum absolute atomic E-state index is 0.125. The van der Waals surface area contributed by atoms with Crippen LogP contribution in [0.25, 0.3) is 5.65 Å². The molecule has 25 heavy (non-hydrogen) atoms. The lowest BCUT2D eigenvalue weighted by Gasteiger charge is -2.56. The molecule has 4 bridgehead atoms. The molecule has 0 atom stereocenters. The molecule has 4 saturated carbocycles. The van der Waals surface area contributed by atoms with Gasteiger partial charge in [0.1, 0.15) is 5.65 Å². The first-order chi connectivity index (χ1) is 12.1. The number of aromatic nitrogens is 2. The van der Waals surface area contributed by atoms with Crippen molar-refractivity contribution in [2.24, 2.45) is 17.8 Å². The van der Waals surface area contributed by atoms with E-state index in [4.69, 9.17) is 0 Å². The molecule has 1 amide bonds. The summed E-state index contributed by atoms with van der Waals surface area (Å²) in [6.45, 7) is 2.04. The van der Waals surface area contributed by atoms with Gasteiger partial charge in [0.2, 0.25) is 5.91 Å². The van der Waals surface area contributed by atoms with Crippen LogP contribution in [0.5, 0.6) is 0 Å². The van der Waals surface area contributed by atoms with Crippen LogP contribution in [0.2, 0.25) is 0 Å². The maximum Gasteiger partial charge on any atom is 0.220 e. The fourth-order valence-electron chi connectivity index (χ4n) is 6.32. The predicted molar refractivity (Wildman–Crippen MR) is 97.3 cm³/mol.